The summed E-state index contributed by atoms with van der Waals surface area (Å²) in [5.41, 5.74) is 27.3. The van der Waals surface area contributed by atoms with Crippen LogP contribution in [0.1, 0.15) is 94.9 Å². The molecule has 2 aliphatic rings. The van der Waals surface area contributed by atoms with Crippen molar-refractivity contribution in [3.8, 4) is 39.7 Å². The molecule has 0 fully saturated rings. The fraction of sp³-hybridized carbons (Fsp3) is 0.136. The highest BCUT2D eigenvalue weighted by Gasteiger charge is 2.38. The molecule has 18 rings (SSSR count). The molecule has 1 atom stereocenters. The van der Waals surface area contributed by atoms with E-state index in [9.17, 15) is 0 Å². The maximum absolute atomic E-state index is 7.26. The zero-order valence-corrected chi connectivity index (χ0v) is 54.2. The molecule has 452 valence electrons. The third-order valence-corrected chi connectivity index (χ3v) is 20.9. The molecule has 6 heteroatoms. The van der Waals surface area contributed by atoms with Gasteiger partial charge in [0.2, 0.25) is 0 Å². The van der Waals surface area contributed by atoms with Crippen LogP contribution in [0.3, 0.4) is 0 Å². The van der Waals surface area contributed by atoms with Gasteiger partial charge in [-0.1, -0.05) is 206 Å². The third-order valence-electron chi connectivity index (χ3n) is 20.9. The predicted octanol–water partition coefficient (Wildman–Crippen LogP) is 21.7. The van der Waals surface area contributed by atoms with Gasteiger partial charge in [0, 0.05) is 65.8 Å². The summed E-state index contributed by atoms with van der Waals surface area (Å²) in [5.74, 6) is 3.02. The lowest BCUT2D eigenvalue weighted by Crippen LogP contribution is -2.57. The fourth-order valence-corrected chi connectivity index (χ4v) is 16.4. The Kier molecular flexibility index (Phi) is 12.9. The Morgan fingerprint density at radius 2 is 0.713 bits per heavy atom. The molecule has 1 aliphatic carbocycles. The van der Waals surface area contributed by atoms with Crippen molar-refractivity contribution in [2.45, 2.75) is 72.6 Å². The maximum atomic E-state index is 7.26. The highest BCUT2D eigenvalue weighted by Crippen LogP contribution is 2.44. The molecule has 5 heterocycles. The second-order valence-corrected chi connectivity index (χ2v) is 27.4. The van der Waals surface area contributed by atoms with Crippen LogP contribution in [-0.2, 0) is 0 Å². The van der Waals surface area contributed by atoms with Crippen molar-refractivity contribution in [1.82, 2.24) is 18.3 Å². The van der Waals surface area contributed by atoms with Crippen LogP contribution in [-0.4, -0.2) is 25.0 Å². The average Bonchev–Trinajstić information content (AvgIpc) is 0.994. The molecular weight excluding hydrogens is 1140 g/mol. The fourth-order valence-electron chi connectivity index (χ4n) is 16.4. The van der Waals surface area contributed by atoms with E-state index in [0.717, 1.165) is 35.0 Å². The van der Waals surface area contributed by atoms with Crippen LogP contribution >= 0.6 is 0 Å². The van der Waals surface area contributed by atoms with E-state index in [-0.39, 0.29) is 18.5 Å². The maximum Gasteiger partial charge on any atom is 0.251 e. The smallest absolute Gasteiger partial charge is 0.251 e. The molecule has 0 bridgehead atoms. The van der Waals surface area contributed by atoms with Gasteiger partial charge in [-0.2, -0.15) is 0 Å². The van der Waals surface area contributed by atoms with Gasteiger partial charge in [-0.05, 0) is 195 Å². The van der Waals surface area contributed by atoms with E-state index in [1.54, 1.807) is 0 Å². The van der Waals surface area contributed by atoms with Crippen LogP contribution < -0.4 is 21.1 Å². The Bertz CT molecular complexity index is 5740. The summed E-state index contributed by atoms with van der Waals surface area (Å²) in [7, 11) is 0. The summed E-state index contributed by atoms with van der Waals surface area (Å²) in [5, 5.41) is 10.1. The first-order valence-electron chi connectivity index (χ1n) is 33.7. The zero-order chi connectivity index (χ0) is 63.2. The Balaban J connectivity index is 0.768. The van der Waals surface area contributed by atoms with E-state index in [0.29, 0.717) is 11.8 Å². The molecule has 4 aromatic heterocycles. The Morgan fingerprint density at radius 3 is 1.15 bits per heavy atom. The highest BCUT2D eigenvalue weighted by molar-refractivity contribution is 6.97. The molecule has 0 spiro atoms. The average molecular weight is 1210 g/mol. The molecular formula is C88H71BN4O. The number of ether oxygens (including phenoxy) is 1. The van der Waals surface area contributed by atoms with E-state index in [2.05, 4.69) is 334 Å². The number of rotatable bonds is 10. The minimum absolute atomic E-state index is 0.139. The summed E-state index contributed by atoms with van der Waals surface area (Å²) >= 11 is 0. The van der Waals surface area contributed by atoms with Crippen molar-refractivity contribution in [3.05, 3.63) is 289 Å². The quantitative estimate of drug-likeness (QED) is 0.125. The molecule has 1 unspecified atom stereocenters. The first-order chi connectivity index (χ1) is 46.0. The number of aromatic nitrogens is 4. The van der Waals surface area contributed by atoms with Crippen molar-refractivity contribution in [2.24, 2.45) is 5.92 Å². The molecule has 0 radical (unpaired) electrons. The van der Waals surface area contributed by atoms with Crippen molar-refractivity contribution < 1.29 is 4.74 Å². The van der Waals surface area contributed by atoms with Crippen molar-refractivity contribution in [1.29, 1.82) is 0 Å². The van der Waals surface area contributed by atoms with Crippen molar-refractivity contribution in [2.75, 3.05) is 0 Å². The van der Waals surface area contributed by atoms with Crippen LogP contribution in [0, 0.1) is 5.92 Å². The molecule has 16 aromatic rings. The number of hydrogen-bond donors (Lipinski definition) is 0. The second-order valence-electron chi connectivity index (χ2n) is 27.4. The van der Waals surface area contributed by atoms with Gasteiger partial charge in [-0.25, -0.2) is 0 Å². The summed E-state index contributed by atoms with van der Waals surface area (Å²) in [6, 6.07) is 95.4. The van der Waals surface area contributed by atoms with E-state index < -0.39 is 0 Å². The van der Waals surface area contributed by atoms with Crippen molar-refractivity contribution >= 4 is 122 Å². The van der Waals surface area contributed by atoms with Gasteiger partial charge in [0.15, 0.2) is 0 Å². The summed E-state index contributed by atoms with van der Waals surface area (Å²) in [6.07, 6.45) is 5.69. The van der Waals surface area contributed by atoms with Gasteiger partial charge in [0.25, 0.3) is 6.71 Å². The van der Waals surface area contributed by atoms with Gasteiger partial charge in [-0.15, -0.1) is 0 Å². The van der Waals surface area contributed by atoms with Crippen LogP contribution in [0.15, 0.2) is 267 Å². The topological polar surface area (TPSA) is 28.9 Å². The van der Waals surface area contributed by atoms with Crippen molar-refractivity contribution in [3.63, 3.8) is 0 Å². The van der Waals surface area contributed by atoms with E-state index in [1.165, 1.54) is 148 Å². The molecule has 94 heavy (non-hydrogen) atoms. The van der Waals surface area contributed by atoms with E-state index >= 15 is 0 Å². The van der Waals surface area contributed by atoms with Gasteiger partial charge in [0.1, 0.15) is 11.5 Å². The van der Waals surface area contributed by atoms with Gasteiger partial charge in [0.05, 0.1) is 44.1 Å². The molecule has 0 saturated carbocycles. The summed E-state index contributed by atoms with van der Waals surface area (Å²) in [6.45, 7) is 16.4. The number of benzene rings is 12. The van der Waals surface area contributed by atoms with E-state index in [4.69, 9.17) is 4.74 Å². The SMILES string of the molecule is CC1CC(n2c3ccccc3c3ccccc32)=CC=C1c1ccc2c(c1)c1ccccc1n2-c1ccc2c(c1)B(c1c(C(C)C)cc(C(C)C)cc1C(C)C)c1cc(-n3c4ccccc4c4cc(-c5ccc(-n6c7ccccc7c7ccccc76)cc5)ccc43)ccc1O2. The largest absolute Gasteiger partial charge is 0.458 e. The lowest BCUT2D eigenvalue weighted by atomic mass is 9.33. The predicted molar refractivity (Wildman–Crippen MR) is 400 cm³/mol. The Hall–Kier alpha value is -10.8. The van der Waals surface area contributed by atoms with Gasteiger partial charge < -0.3 is 23.0 Å². The minimum Gasteiger partial charge on any atom is -0.458 e. The normalized spacial score (nSPS) is 14.2. The lowest BCUT2D eigenvalue weighted by molar-refractivity contribution is 0.487. The number of allylic oxidation sites excluding steroid dienone is 4. The highest BCUT2D eigenvalue weighted by atomic mass is 16.5. The van der Waals surface area contributed by atoms with Gasteiger partial charge in [-0.3, -0.25) is 0 Å². The Labute approximate surface area is 548 Å². The van der Waals surface area contributed by atoms with Gasteiger partial charge >= 0.3 is 0 Å². The molecule has 5 nitrogen and oxygen atoms in total. The van der Waals surface area contributed by atoms with E-state index in [1.807, 2.05) is 0 Å². The number of fused-ring (bicyclic) bond motifs is 14. The molecule has 0 saturated heterocycles. The summed E-state index contributed by atoms with van der Waals surface area (Å²) in [4.78, 5) is 0. The number of para-hydroxylation sites is 6. The molecule has 1 aliphatic heterocycles. The first-order valence-corrected chi connectivity index (χ1v) is 33.7. The number of hydrogen-bond acceptors (Lipinski definition) is 1. The molecule has 12 aromatic carbocycles. The summed E-state index contributed by atoms with van der Waals surface area (Å²) < 4.78 is 17.1. The van der Waals surface area contributed by atoms with Crippen LogP contribution in [0.5, 0.6) is 11.5 Å². The minimum atomic E-state index is -0.139. The molecule has 0 amide bonds. The zero-order valence-electron chi connectivity index (χ0n) is 54.2. The first kappa shape index (κ1) is 56.0. The van der Waals surface area contributed by atoms with Crippen LogP contribution in [0.25, 0.3) is 127 Å². The molecule has 0 N–H and O–H groups in total. The Morgan fingerprint density at radius 1 is 0.340 bits per heavy atom. The third kappa shape index (κ3) is 8.61. The monoisotopic (exact) mass is 1210 g/mol. The van der Waals surface area contributed by atoms with Crippen LogP contribution in [0.2, 0.25) is 0 Å². The lowest BCUT2D eigenvalue weighted by Gasteiger charge is -2.33. The number of nitrogens with zero attached hydrogens (tertiary/aromatic N) is 4. The second kappa shape index (κ2) is 21.6. The van der Waals surface area contributed by atoms with Crippen LogP contribution in [0.4, 0.5) is 0 Å². The standard InChI is InChI=1S/C88H71BN4O/c1-53(2)60-49-72(54(3)4)88(73(50-60)55(5)6)89-76-51-63(92-82-30-18-12-24-70(82)74-47-58(34-42-84(74)92)57-32-36-61(37-33-57)90-78-26-14-8-20-66(78)67-21-9-15-27-79(67)90)39-44-86(76)94-87-45-40-64(52-77(87)89)93-83-31-19-13-25-71(83)75-48-59(35-43-85(75)93)65-41-38-62(46-56(65)7)91-80-28-16-10-22-68(80)69-23-11-17-29-81(69)91/h8-45,47-56H,46H2,1-7H3.